The zero-order valence-electron chi connectivity index (χ0n) is 7.24. The van der Waals surface area contributed by atoms with Crippen LogP contribution in [-0.2, 0) is 7.05 Å². The Kier molecular flexibility index (Phi) is 2.19. The number of nitrogens with zero attached hydrogens (tertiary/aromatic N) is 2. The van der Waals surface area contributed by atoms with Crippen LogP contribution in [0.1, 0.15) is 0 Å². The van der Waals surface area contributed by atoms with E-state index >= 15 is 0 Å². The van der Waals surface area contributed by atoms with Crippen LogP contribution in [0.2, 0.25) is 0 Å². The molecule has 0 N–H and O–H groups in total. The summed E-state index contributed by atoms with van der Waals surface area (Å²) in [5.74, 6) is 0. The molecule has 3 rings (SSSR count). The minimum atomic E-state index is 1.24. The normalized spacial score (nSPS) is 10.3. The summed E-state index contributed by atoms with van der Waals surface area (Å²) in [6, 6.07) is 6.34. The number of imidazole rings is 1. The smallest absolute Gasteiger partial charge is 0.0943 e. The number of hydrogen-bond acceptors (Lipinski definition) is 1. The van der Waals surface area contributed by atoms with Gasteiger partial charge >= 0.3 is 0 Å². The SMILES string of the molecule is Brc1ccc2cc1-2.Cn1ccnc1. The summed E-state index contributed by atoms with van der Waals surface area (Å²) in [4.78, 5) is 3.78. The van der Waals surface area contributed by atoms with E-state index in [9.17, 15) is 0 Å². The predicted octanol–water partition coefficient (Wildman–Crippen LogP) is 2.85. The molecule has 3 heteroatoms. The second-order valence-electron chi connectivity index (χ2n) is 2.92. The van der Waals surface area contributed by atoms with Gasteiger partial charge in [-0.05, 0) is 23.3 Å². The molecule has 13 heavy (non-hydrogen) atoms. The lowest BCUT2D eigenvalue weighted by Gasteiger charge is -1.76. The Morgan fingerprint density at radius 2 is 2.23 bits per heavy atom. The molecule has 2 aliphatic carbocycles. The molecule has 1 aromatic rings. The molecule has 0 atom stereocenters. The van der Waals surface area contributed by atoms with Gasteiger partial charge in [-0.25, -0.2) is 4.98 Å². The predicted molar refractivity (Wildman–Crippen MR) is 56.3 cm³/mol. The summed E-state index contributed by atoms with van der Waals surface area (Å²) in [6.07, 6.45) is 5.39. The van der Waals surface area contributed by atoms with Crippen molar-refractivity contribution in [2.75, 3.05) is 0 Å². The molecule has 0 bridgehead atoms. The maximum Gasteiger partial charge on any atom is 0.0943 e. The Morgan fingerprint density at radius 3 is 2.38 bits per heavy atom. The van der Waals surface area contributed by atoms with Crippen molar-refractivity contribution in [2.45, 2.75) is 0 Å². The number of aromatic nitrogens is 2. The first-order chi connectivity index (χ1) is 6.27. The number of rotatable bonds is 0. The fourth-order valence-electron chi connectivity index (χ4n) is 1.04. The van der Waals surface area contributed by atoms with E-state index in [0.29, 0.717) is 0 Å². The molecular weight excluding hydrogens is 228 g/mol. The zero-order valence-corrected chi connectivity index (χ0v) is 8.82. The van der Waals surface area contributed by atoms with Crippen LogP contribution >= 0.6 is 15.9 Å². The van der Waals surface area contributed by atoms with Crippen LogP contribution in [0.5, 0.6) is 0 Å². The molecule has 1 aromatic heterocycles. The average molecular weight is 237 g/mol. The standard InChI is InChI=1S/C6H3Br.C4H6N2/c7-6-2-1-4-3-5(4)6;1-6-3-2-5-4-6/h1-3H;2-4H,1H3. The molecule has 0 amide bonds. The lowest BCUT2D eigenvalue weighted by Crippen LogP contribution is -1.76. The van der Waals surface area contributed by atoms with E-state index in [4.69, 9.17) is 0 Å². The third kappa shape index (κ3) is 1.98. The van der Waals surface area contributed by atoms with E-state index in [1.54, 1.807) is 12.5 Å². The first kappa shape index (κ1) is 8.51. The lowest BCUT2D eigenvalue weighted by atomic mass is 10.6. The van der Waals surface area contributed by atoms with Gasteiger partial charge in [-0.1, -0.05) is 22.0 Å². The first-order valence-electron chi connectivity index (χ1n) is 3.99. The molecule has 0 spiro atoms. The second-order valence-corrected chi connectivity index (χ2v) is 3.78. The number of benzene rings is 1. The van der Waals surface area contributed by atoms with E-state index in [2.05, 4.69) is 39.1 Å². The molecule has 0 radical (unpaired) electrons. The number of fused-ring (bicyclic) bond motifs is 1. The minimum Gasteiger partial charge on any atom is -0.341 e. The van der Waals surface area contributed by atoms with Gasteiger partial charge in [0.25, 0.3) is 0 Å². The van der Waals surface area contributed by atoms with Crippen molar-refractivity contribution in [3.8, 4) is 11.1 Å². The van der Waals surface area contributed by atoms with Gasteiger partial charge in [0.15, 0.2) is 0 Å². The topological polar surface area (TPSA) is 17.8 Å². The fraction of sp³-hybridized carbons (Fsp3) is 0.100. The van der Waals surface area contributed by atoms with E-state index in [1.807, 2.05) is 17.8 Å². The maximum atomic E-state index is 3.78. The van der Waals surface area contributed by atoms with E-state index in [0.717, 1.165) is 0 Å². The van der Waals surface area contributed by atoms with Crippen molar-refractivity contribution in [3.05, 3.63) is 41.4 Å². The molecule has 0 fully saturated rings. The highest BCUT2D eigenvalue weighted by atomic mass is 79.9. The molecule has 0 unspecified atom stereocenters. The zero-order chi connectivity index (χ0) is 9.26. The van der Waals surface area contributed by atoms with Crippen molar-refractivity contribution in [1.82, 2.24) is 9.55 Å². The van der Waals surface area contributed by atoms with Crippen molar-refractivity contribution < 1.29 is 0 Å². The van der Waals surface area contributed by atoms with E-state index in [-0.39, 0.29) is 0 Å². The van der Waals surface area contributed by atoms with Crippen LogP contribution in [-0.4, -0.2) is 9.55 Å². The van der Waals surface area contributed by atoms with Crippen LogP contribution in [0.15, 0.2) is 41.4 Å². The Labute approximate surface area is 85.4 Å². The average Bonchev–Trinajstić information content (AvgIpc) is 2.61. The van der Waals surface area contributed by atoms with Gasteiger partial charge in [0, 0.05) is 23.9 Å². The van der Waals surface area contributed by atoms with Gasteiger partial charge in [-0.15, -0.1) is 0 Å². The van der Waals surface area contributed by atoms with Crippen molar-refractivity contribution in [2.24, 2.45) is 7.05 Å². The summed E-state index contributed by atoms with van der Waals surface area (Å²) < 4.78 is 3.13. The van der Waals surface area contributed by atoms with Crippen molar-refractivity contribution in [1.29, 1.82) is 0 Å². The first-order valence-corrected chi connectivity index (χ1v) is 4.78. The van der Waals surface area contributed by atoms with Crippen LogP contribution in [0, 0.1) is 0 Å². The Bertz CT molecular complexity index is 407. The molecular formula is C10H9BrN2. The fourth-order valence-corrected chi connectivity index (χ4v) is 1.52. The Morgan fingerprint density at radius 1 is 1.38 bits per heavy atom. The molecule has 0 saturated carbocycles. The van der Waals surface area contributed by atoms with Gasteiger partial charge in [0.1, 0.15) is 0 Å². The van der Waals surface area contributed by atoms with Crippen LogP contribution < -0.4 is 0 Å². The second kappa shape index (κ2) is 3.34. The Hall–Kier alpha value is -1.09. The molecule has 1 heterocycles. The molecule has 0 aliphatic heterocycles. The number of aryl methyl sites for hydroxylation is 1. The molecule has 0 aromatic carbocycles. The quantitative estimate of drug-likeness (QED) is 0.587. The van der Waals surface area contributed by atoms with Crippen LogP contribution in [0.25, 0.3) is 11.1 Å². The van der Waals surface area contributed by atoms with Gasteiger partial charge in [0.05, 0.1) is 6.33 Å². The third-order valence-electron chi connectivity index (χ3n) is 1.83. The number of halogens is 1. The van der Waals surface area contributed by atoms with Gasteiger partial charge in [-0.2, -0.15) is 0 Å². The highest BCUT2D eigenvalue weighted by Gasteiger charge is 2.13. The highest BCUT2D eigenvalue weighted by molar-refractivity contribution is 9.10. The summed E-state index contributed by atoms with van der Waals surface area (Å²) in [7, 11) is 1.94. The molecule has 0 saturated heterocycles. The van der Waals surface area contributed by atoms with Gasteiger partial charge < -0.3 is 4.57 Å². The van der Waals surface area contributed by atoms with Gasteiger partial charge in [-0.3, -0.25) is 0 Å². The summed E-state index contributed by atoms with van der Waals surface area (Å²) in [5, 5.41) is 0. The lowest BCUT2D eigenvalue weighted by molar-refractivity contribution is 0.913. The van der Waals surface area contributed by atoms with Crippen LogP contribution in [0.3, 0.4) is 0 Å². The maximum absolute atomic E-state index is 3.78. The third-order valence-corrected chi connectivity index (χ3v) is 2.52. The molecule has 2 nitrogen and oxygen atoms in total. The Balaban J connectivity index is 0.000000102. The van der Waals surface area contributed by atoms with Crippen molar-refractivity contribution >= 4 is 15.9 Å². The van der Waals surface area contributed by atoms with Gasteiger partial charge in [0.2, 0.25) is 0 Å². The summed E-state index contributed by atoms with van der Waals surface area (Å²) in [6.45, 7) is 0. The summed E-state index contributed by atoms with van der Waals surface area (Å²) >= 11 is 3.39. The summed E-state index contributed by atoms with van der Waals surface area (Å²) in [5.41, 5.74) is 2.78. The van der Waals surface area contributed by atoms with E-state index in [1.165, 1.54) is 15.6 Å². The largest absolute Gasteiger partial charge is 0.341 e. The van der Waals surface area contributed by atoms with E-state index < -0.39 is 0 Å². The minimum absolute atomic E-state index is 1.24. The highest BCUT2D eigenvalue weighted by Crippen LogP contribution is 2.41. The molecule has 66 valence electrons. The number of hydrogen-bond donors (Lipinski definition) is 0. The molecule has 2 aliphatic rings. The van der Waals surface area contributed by atoms with Crippen LogP contribution in [0.4, 0.5) is 0 Å². The van der Waals surface area contributed by atoms with Crippen molar-refractivity contribution in [3.63, 3.8) is 0 Å². The monoisotopic (exact) mass is 236 g/mol.